The molecule has 1 saturated heterocycles. The Balaban J connectivity index is 1.70. The first-order chi connectivity index (χ1) is 12.8. The summed E-state index contributed by atoms with van der Waals surface area (Å²) in [6.07, 6.45) is 3.83. The van der Waals surface area contributed by atoms with Gasteiger partial charge in [0.2, 0.25) is 15.9 Å². The summed E-state index contributed by atoms with van der Waals surface area (Å²) in [7, 11) is -3.35. The Kier molecular flexibility index (Phi) is 6.16. The minimum Gasteiger partial charge on any atom is -0.508 e. The van der Waals surface area contributed by atoms with Crippen LogP contribution >= 0.6 is 0 Å². The van der Waals surface area contributed by atoms with E-state index < -0.39 is 10.0 Å². The van der Waals surface area contributed by atoms with Crippen molar-refractivity contribution in [3.8, 4) is 5.75 Å². The van der Waals surface area contributed by atoms with Crippen molar-refractivity contribution in [2.45, 2.75) is 52.0 Å². The average Bonchev–Trinajstić information content (AvgIpc) is 3.09. The van der Waals surface area contributed by atoms with Gasteiger partial charge in [-0.25, -0.2) is 8.42 Å². The van der Waals surface area contributed by atoms with E-state index in [9.17, 15) is 13.5 Å². The molecule has 0 aliphatic carbocycles. The summed E-state index contributed by atoms with van der Waals surface area (Å²) in [4.78, 5) is 4.48. The molecule has 1 aliphatic rings. The van der Waals surface area contributed by atoms with Crippen LogP contribution < -0.4 is 0 Å². The quantitative estimate of drug-likeness (QED) is 0.776. The van der Waals surface area contributed by atoms with Gasteiger partial charge in [-0.1, -0.05) is 37.6 Å². The van der Waals surface area contributed by atoms with Crippen LogP contribution in [0.15, 0.2) is 28.8 Å². The van der Waals surface area contributed by atoms with E-state index in [0.29, 0.717) is 31.1 Å². The van der Waals surface area contributed by atoms with Gasteiger partial charge in [0.25, 0.3) is 0 Å². The Morgan fingerprint density at radius 3 is 2.67 bits per heavy atom. The minimum atomic E-state index is -3.35. The van der Waals surface area contributed by atoms with E-state index >= 15 is 0 Å². The smallest absolute Gasteiger partial charge is 0.245 e. The molecule has 1 fully saturated rings. The number of phenolic OH excluding ortho intramolecular Hbond substituents is 1. The fraction of sp³-hybridized carbons (Fsp3) is 0.579. The number of sulfonamides is 1. The van der Waals surface area contributed by atoms with Crippen LogP contribution in [0.25, 0.3) is 0 Å². The van der Waals surface area contributed by atoms with Crippen LogP contribution in [-0.2, 0) is 22.9 Å². The molecule has 1 aliphatic heterocycles. The minimum absolute atomic E-state index is 0.0705. The molecule has 0 saturated carbocycles. The molecular weight excluding hydrogens is 366 g/mol. The molecule has 0 amide bonds. The fourth-order valence-corrected chi connectivity index (χ4v) is 5.45. The van der Waals surface area contributed by atoms with Crippen LogP contribution in [0, 0.1) is 5.92 Å². The predicted octanol–water partition coefficient (Wildman–Crippen LogP) is 3.07. The zero-order chi connectivity index (χ0) is 19.4. The lowest BCUT2D eigenvalue weighted by atomic mass is 10.1. The lowest BCUT2D eigenvalue weighted by Gasteiger charge is -2.32. The third-order valence-electron chi connectivity index (χ3n) is 4.70. The highest BCUT2D eigenvalue weighted by atomic mass is 32.2. The van der Waals surface area contributed by atoms with Crippen molar-refractivity contribution in [1.82, 2.24) is 14.4 Å². The van der Waals surface area contributed by atoms with Gasteiger partial charge in [-0.05, 0) is 42.9 Å². The summed E-state index contributed by atoms with van der Waals surface area (Å²) < 4.78 is 32.5. The fourth-order valence-electron chi connectivity index (χ4n) is 3.42. The number of nitrogens with zero attached hydrogens (tertiary/aromatic N) is 3. The Morgan fingerprint density at radius 2 is 1.96 bits per heavy atom. The molecule has 3 rings (SSSR count). The molecule has 0 radical (unpaired) electrons. The van der Waals surface area contributed by atoms with Gasteiger partial charge in [0.15, 0.2) is 5.82 Å². The number of aromatic hydroxyl groups is 1. The van der Waals surface area contributed by atoms with Gasteiger partial charge < -0.3 is 9.63 Å². The second-order valence-electron chi connectivity index (χ2n) is 7.51. The topological polar surface area (TPSA) is 96.5 Å². The summed E-state index contributed by atoms with van der Waals surface area (Å²) in [6.45, 7) is 4.32. The van der Waals surface area contributed by atoms with Crippen molar-refractivity contribution in [2.24, 2.45) is 5.92 Å². The molecule has 1 aromatic carbocycles. The first-order valence-electron chi connectivity index (χ1n) is 9.45. The monoisotopic (exact) mass is 393 g/mol. The lowest BCUT2D eigenvalue weighted by Crippen LogP contribution is -2.40. The van der Waals surface area contributed by atoms with Gasteiger partial charge in [0.1, 0.15) is 11.8 Å². The molecule has 8 heteroatoms. The maximum absolute atomic E-state index is 12.7. The molecule has 1 N–H and O–H groups in total. The van der Waals surface area contributed by atoms with Crippen molar-refractivity contribution in [1.29, 1.82) is 0 Å². The van der Waals surface area contributed by atoms with E-state index in [0.717, 1.165) is 24.8 Å². The SMILES string of the molecule is CC(C)CS(=O)(=O)N1CCCC[C@H]1c1nc(CCc2ccc(O)cc2)no1. The second kappa shape index (κ2) is 8.39. The molecule has 0 bridgehead atoms. The van der Waals surface area contributed by atoms with E-state index in [4.69, 9.17) is 4.52 Å². The Morgan fingerprint density at radius 1 is 1.22 bits per heavy atom. The number of benzene rings is 1. The predicted molar refractivity (Wildman–Crippen MR) is 102 cm³/mol. The number of phenols is 1. The number of rotatable bonds is 7. The molecule has 148 valence electrons. The number of hydrogen-bond donors (Lipinski definition) is 1. The van der Waals surface area contributed by atoms with Crippen molar-refractivity contribution in [2.75, 3.05) is 12.3 Å². The standard InChI is InChI=1S/C19H27N3O4S/c1-14(2)13-27(24,25)22-12-4-3-5-17(22)19-20-18(21-26-19)11-8-15-6-9-16(23)10-7-15/h6-7,9-10,14,17,23H,3-5,8,11-13H2,1-2H3/t17-/m0/s1. The summed E-state index contributed by atoms with van der Waals surface area (Å²) in [6, 6.07) is 6.65. The van der Waals surface area contributed by atoms with Gasteiger partial charge in [0, 0.05) is 13.0 Å². The zero-order valence-corrected chi connectivity index (χ0v) is 16.7. The first-order valence-corrected chi connectivity index (χ1v) is 11.1. The molecule has 27 heavy (non-hydrogen) atoms. The normalized spacial score (nSPS) is 18.9. The van der Waals surface area contributed by atoms with Gasteiger partial charge in [-0.3, -0.25) is 0 Å². The van der Waals surface area contributed by atoms with Gasteiger partial charge in [-0.2, -0.15) is 9.29 Å². The summed E-state index contributed by atoms with van der Waals surface area (Å²) in [5.41, 5.74) is 1.07. The molecular formula is C19H27N3O4S. The van der Waals surface area contributed by atoms with E-state index in [2.05, 4.69) is 10.1 Å². The second-order valence-corrected chi connectivity index (χ2v) is 9.48. The van der Waals surface area contributed by atoms with Gasteiger partial charge >= 0.3 is 0 Å². The molecule has 2 heterocycles. The van der Waals surface area contributed by atoms with E-state index in [1.807, 2.05) is 26.0 Å². The van der Waals surface area contributed by atoms with Crippen LogP contribution in [-0.4, -0.2) is 40.3 Å². The van der Waals surface area contributed by atoms with Crippen molar-refractivity contribution in [3.05, 3.63) is 41.5 Å². The van der Waals surface area contributed by atoms with Gasteiger partial charge in [-0.15, -0.1) is 0 Å². The van der Waals surface area contributed by atoms with Crippen LogP contribution in [0.4, 0.5) is 0 Å². The summed E-state index contributed by atoms with van der Waals surface area (Å²) in [5.74, 6) is 1.40. The van der Waals surface area contributed by atoms with E-state index in [-0.39, 0.29) is 23.5 Å². The summed E-state index contributed by atoms with van der Waals surface area (Å²) in [5, 5.41) is 13.4. The molecule has 7 nitrogen and oxygen atoms in total. The highest BCUT2D eigenvalue weighted by Crippen LogP contribution is 2.33. The Hall–Kier alpha value is -1.93. The maximum Gasteiger partial charge on any atom is 0.245 e. The first kappa shape index (κ1) is 19.8. The molecule has 1 aromatic heterocycles. The highest BCUT2D eigenvalue weighted by Gasteiger charge is 2.36. The lowest BCUT2D eigenvalue weighted by molar-refractivity contribution is 0.204. The van der Waals surface area contributed by atoms with Gasteiger partial charge in [0.05, 0.1) is 5.75 Å². The van der Waals surface area contributed by atoms with Crippen LogP contribution in [0.3, 0.4) is 0 Å². The number of piperidine rings is 1. The number of aromatic nitrogens is 2. The number of hydrogen-bond acceptors (Lipinski definition) is 6. The largest absolute Gasteiger partial charge is 0.508 e. The third kappa shape index (κ3) is 5.07. The Bertz CT molecular complexity index is 846. The Labute approximate surface area is 160 Å². The van der Waals surface area contributed by atoms with E-state index in [1.165, 1.54) is 0 Å². The van der Waals surface area contributed by atoms with Crippen LogP contribution in [0.1, 0.15) is 56.4 Å². The number of aryl methyl sites for hydroxylation is 2. The van der Waals surface area contributed by atoms with E-state index in [1.54, 1.807) is 16.4 Å². The molecule has 0 spiro atoms. The highest BCUT2D eigenvalue weighted by molar-refractivity contribution is 7.89. The molecule has 0 unspecified atom stereocenters. The van der Waals surface area contributed by atoms with Crippen molar-refractivity contribution < 1.29 is 18.0 Å². The van der Waals surface area contributed by atoms with Crippen LogP contribution in [0.2, 0.25) is 0 Å². The van der Waals surface area contributed by atoms with Crippen molar-refractivity contribution in [3.63, 3.8) is 0 Å². The zero-order valence-electron chi connectivity index (χ0n) is 15.8. The summed E-state index contributed by atoms with van der Waals surface area (Å²) >= 11 is 0. The maximum atomic E-state index is 12.7. The molecule has 1 atom stereocenters. The average molecular weight is 394 g/mol. The third-order valence-corrected chi connectivity index (χ3v) is 6.94. The van der Waals surface area contributed by atoms with Crippen LogP contribution in [0.5, 0.6) is 5.75 Å². The molecule has 2 aromatic rings. The van der Waals surface area contributed by atoms with Crippen molar-refractivity contribution >= 4 is 10.0 Å².